The number of hydrogen-bond acceptors (Lipinski definition) is 5. The van der Waals surface area contributed by atoms with Gasteiger partial charge in [0, 0.05) is 18.8 Å². The minimum absolute atomic E-state index is 0.0375. The van der Waals surface area contributed by atoms with E-state index >= 15 is 0 Å². The minimum Gasteiger partial charge on any atom is -0.466 e. The van der Waals surface area contributed by atoms with Crippen molar-refractivity contribution in [1.82, 2.24) is 0 Å². The zero-order chi connectivity index (χ0) is 14.8. The van der Waals surface area contributed by atoms with Gasteiger partial charge in [-0.3, -0.25) is 4.79 Å². The molecule has 1 aromatic carbocycles. The molecule has 0 aromatic heterocycles. The molecule has 5 nitrogen and oxygen atoms in total. The third kappa shape index (κ3) is 3.19. The molecule has 2 aliphatic rings. The van der Waals surface area contributed by atoms with E-state index in [0.717, 1.165) is 37.2 Å². The number of rotatable bonds is 4. The van der Waals surface area contributed by atoms with E-state index in [1.54, 1.807) is 0 Å². The van der Waals surface area contributed by atoms with Crippen LogP contribution in [0.2, 0.25) is 0 Å². The van der Waals surface area contributed by atoms with Crippen LogP contribution in [0.4, 0.5) is 5.69 Å². The summed E-state index contributed by atoms with van der Waals surface area (Å²) in [6.07, 6.45) is 0.876. The molecule has 2 saturated heterocycles. The Hall–Kier alpha value is -1.59. The molecule has 21 heavy (non-hydrogen) atoms. The predicted molar refractivity (Wildman–Crippen MR) is 77.8 cm³/mol. The third-order valence-corrected chi connectivity index (χ3v) is 4.17. The number of hydrogen-bond donors (Lipinski definition) is 1. The van der Waals surface area contributed by atoms with Gasteiger partial charge in [-0.1, -0.05) is 12.1 Å². The maximum absolute atomic E-state index is 11.7. The summed E-state index contributed by atoms with van der Waals surface area (Å²) in [5.74, 6) is -0.0251. The quantitative estimate of drug-likeness (QED) is 0.677. The van der Waals surface area contributed by atoms with Gasteiger partial charge in [-0.05, 0) is 37.5 Å². The van der Waals surface area contributed by atoms with Gasteiger partial charge in [0.2, 0.25) is 0 Å². The number of carbonyl (C=O) groups excluding carboxylic acids is 1. The highest BCUT2D eigenvalue weighted by Gasteiger charge is 2.38. The molecule has 5 heteroatoms. The van der Waals surface area contributed by atoms with Crippen LogP contribution in [0.25, 0.3) is 0 Å². The van der Waals surface area contributed by atoms with Crippen molar-refractivity contribution in [2.24, 2.45) is 5.92 Å². The topological polar surface area (TPSA) is 62.3 Å². The summed E-state index contributed by atoms with van der Waals surface area (Å²) in [7, 11) is 0. The van der Waals surface area contributed by atoms with Gasteiger partial charge in [0.25, 0.3) is 0 Å². The fourth-order valence-electron chi connectivity index (χ4n) is 2.86. The second-order valence-electron chi connectivity index (χ2n) is 5.55. The van der Waals surface area contributed by atoms with Crippen LogP contribution >= 0.6 is 0 Å². The van der Waals surface area contributed by atoms with E-state index in [-0.39, 0.29) is 18.0 Å². The monoisotopic (exact) mass is 291 g/mol. The summed E-state index contributed by atoms with van der Waals surface area (Å²) in [5, 5.41) is 9.25. The molecular formula is C16H21NO4. The first-order valence-corrected chi connectivity index (χ1v) is 7.54. The van der Waals surface area contributed by atoms with Crippen molar-refractivity contribution in [3.63, 3.8) is 0 Å². The first-order valence-electron chi connectivity index (χ1n) is 7.54. The fraction of sp³-hybridized carbons (Fsp3) is 0.562. The molecule has 0 spiro atoms. The number of anilines is 1. The summed E-state index contributed by atoms with van der Waals surface area (Å²) in [5.41, 5.74) is 2.16. The lowest BCUT2D eigenvalue weighted by atomic mass is 9.96. The van der Waals surface area contributed by atoms with Crippen molar-refractivity contribution in [2.45, 2.75) is 32.2 Å². The Morgan fingerprint density at radius 2 is 1.95 bits per heavy atom. The molecule has 1 N–H and O–H groups in total. The van der Waals surface area contributed by atoms with Crippen molar-refractivity contribution in [3.05, 3.63) is 29.8 Å². The normalized spacial score (nSPS) is 25.7. The lowest BCUT2D eigenvalue weighted by Gasteiger charge is -2.32. The zero-order valence-corrected chi connectivity index (χ0v) is 12.2. The number of aliphatic hydroxyl groups is 1. The Balaban J connectivity index is 1.55. The average molecular weight is 291 g/mol. The van der Waals surface area contributed by atoms with E-state index in [2.05, 4.69) is 17.0 Å². The summed E-state index contributed by atoms with van der Waals surface area (Å²) >= 11 is 0. The van der Waals surface area contributed by atoms with E-state index in [4.69, 9.17) is 9.47 Å². The molecule has 2 atom stereocenters. The standard InChI is InChI=1S/C16H21NO4/c1-2-20-15(18)12-7-9-17(10-8-12)13-5-3-11(4-6-13)14-16(19)21-14/h3-6,12,14,16,19H,2,7-10H2,1H3. The second-order valence-corrected chi connectivity index (χ2v) is 5.55. The summed E-state index contributed by atoms with van der Waals surface area (Å²) < 4.78 is 10.1. The van der Waals surface area contributed by atoms with E-state index in [1.165, 1.54) is 0 Å². The first-order chi connectivity index (χ1) is 10.2. The molecule has 2 heterocycles. The molecular weight excluding hydrogens is 270 g/mol. The number of carbonyl (C=O) groups is 1. The van der Waals surface area contributed by atoms with Crippen molar-refractivity contribution >= 4 is 11.7 Å². The minimum atomic E-state index is -0.642. The third-order valence-electron chi connectivity index (χ3n) is 4.17. The summed E-state index contributed by atoms with van der Waals surface area (Å²) in [4.78, 5) is 14.0. The lowest BCUT2D eigenvalue weighted by molar-refractivity contribution is -0.148. The molecule has 3 rings (SSSR count). The Morgan fingerprint density at radius 3 is 2.48 bits per heavy atom. The van der Waals surface area contributed by atoms with Gasteiger partial charge in [-0.25, -0.2) is 0 Å². The molecule has 0 radical (unpaired) electrons. The zero-order valence-electron chi connectivity index (χ0n) is 12.2. The molecule has 0 aliphatic carbocycles. The molecule has 2 fully saturated rings. The fourth-order valence-corrected chi connectivity index (χ4v) is 2.86. The number of esters is 1. The number of piperidine rings is 1. The molecule has 2 aliphatic heterocycles. The second kappa shape index (κ2) is 6.03. The van der Waals surface area contributed by atoms with Gasteiger partial charge in [0.15, 0.2) is 6.29 Å². The Labute approximate surface area is 124 Å². The first kappa shape index (κ1) is 14.4. The van der Waals surface area contributed by atoms with Crippen LogP contribution in [0.15, 0.2) is 24.3 Å². The predicted octanol–water partition coefficient (Wildman–Crippen LogP) is 1.86. The van der Waals surface area contributed by atoms with Crippen LogP contribution in [-0.4, -0.2) is 37.1 Å². The van der Waals surface area contributed by atoms with Gasteiger partial charge in [-0.2, -0.15) is 0 Å². The van der Waals surface area contributed by atoms with Gasteiger partial charge in [0.05, 0.1) is 12.5 Å². The molecule has 2 unspecified atom stereocenters. The Kier molecular flexibility index (Phi) is 4.12. The number of epoxide rings is 1. The molecule has 114 valence electrons. The van der Waals surface area contributed by atoms with Crippen molar-refractivity contribution in [2.75, 3.05) is 24.6 Å². The molecule has 0 bridgehead atoms. The van der Waals surface area contributed by atoms with Gasteiger partial charge >= 0.3 is 5.97 Å². The Bertz CT molecular complexity index is 494. The number of ether oxygens (including phenoxy) is 2. The van der Waals surface area contributed by atoms with E-state index in [1.807, 2.05) is 19.1 Å². The SMILES string of the molecule is CCOC(=O)C1CCN(c2ccc(C3OC3O)cc2)CC1. The van der Waals surface area contributed by atoms with Crippen molar-refractivity contribution in [3.8, 4) is 0 Å². The summed E-state index contributed by atoms with van der Waals surface area (Å²) in [6.45, 7) is 4.03. The summed E-state index contributed by atoms with van der Waals surface area (Å²) in [6, 6.07) is 8.09. The molecule has 1 aromatic rings. The molecule has 0 amide bonds. The number of benzene rings is 1. The smallest absolute Gasteiger partial charge is 0.309 e. The highest BCUT2D eigenvalue weighted by molar-refractivity contribution is 5.72. The van der Waals surface area contributed by atoms with Crippen molar-refractivity contribution in [1.29, 1.82) is 0 Å². The van der Waals surface area contributed by atoms with Gasteiger partial charge < -0.3 is 19.5 Å². The van der Waals surface area contributed by atoms with Crippen LogP contribution in [0.3, 0.4) is 0 Å². The average Bonchev–Trinajstić information content (AvgIpc) is 3.25. The number of nitrogens with zero attached hydrogens (tertiary/aromatic N) is 1. The maximum Gasteiger partial charge on any atom is 0.309 e. The lowest BCUT2D eigenvalue weighted by Crippen LogP contribution is -2.36. The van der Waals surface area contributed by atoms with E-state index in [9.17, 15) is 9.90 Å². The van der Waals surface area contributed by atoms with Crippen LogP contribution in [0.1, 0.15) is 31.4 Å². The maximum atomic E-state index is 11.7. The van der Waals surface area contributed by atoms with Crippen LogP contribution in [0, 0.1) is 5.92 Å². The van der Waals surface area contributed by atoms with Crippen LogP contribution in [-0.2, 0) is 14.3 Å². The van der Waals surface area contributed by atoms with Crippen LogP contribution in [0.5, 0.6) is 0 Å². The molecule has 0 saturated carbocycles. The van der Waals surface area contributed by atoms with Gasteiger partial charge in [-0.15, -0.1) is 0 Å². The van der Waals surface area contributed by atoms with Crippen LogP contribution < -0.4 is 4.90 Å². The highest BCUT2D eigenvalue weighted by Crippen LogP contribution is 2.37. The Morgan fingerprint density at radius 1 is 1.33 bits per heavy atom. The van der Waals surface area contributed by atoms with E-state index in [0.29, 0.717) is 6.61 Å². The largest absolute Gasteiger partial charge is 0.466 e. The van der Waals surface area contributed by atoms with Crippen molar-refractivity contribution < 1.29 is 19.4 Å². The highest BCUT2D eigenvalue weighted by atomic mass is 16.7. The number of aliphatic hydroxyl groups excluding tert-OH is 1. The van der Waals surface area contributed by atoms with Gasteiger partial charge in [0.1, 0.15) is 6.10 Å². The van der Waals surface area contributed by atoms with E-state index < -0.39 is 6.29 Å².